The lowest BCUT2D eigenvalue weighted by Gasteiger charge is -2.19. The van der Waals surface area contributed by atoms with E-state index in [4.69, 9.17) is 16.0 Å². The number of nitrogens with one attached hydrogen (secondary N) is 2. The number of carbonyl (C=O) groups excluding carboxylic acids is 2. The summed E-state index contributed by atoms with van der Waals surface area (Å²) in [7, 11) is 1.73. The summed E-state index contributed by atoms with van der Waals surface area (Å²) in [6.45, 7) is 2.44. The summed E-state index contributed by atoms with van der Waals surface area (Å²) in [6.07, 6.45) is 2.73. The maximum Gasteiger partial charge on any atom is 0.321 e. The van der Waals surface area contributed by atoms with Crippen molar-refractivity contribution in [3.8, 4) is 0 Å². The topological polar surface area (TPSA) is 74.6 Å². The van der Waals surface area contributed by atoms with E-state index in [2.05, 4.69) is 10.6 Å². The van der Waals surface area contributed by atoms with Crippen LogP contribution < -0.4 is 10.6 Å². The van der Waals surface area contributed by atoms with E-state index in [1.807, 2.05) is 31.2 Å². The van der Waals surface area contributed by atoms with Crippen LogP contribution in [0.15, 0.2) is 46.9 Å². The number of aryl methyl sites for hydroxylation is 1. The summed E-state index contributed by atoms with van der Waals surface area (Å²) in [6, 6.07) is 12.7. The van der Waals surface area contributed by atoms with Gasteiger partial charge in [-0.2, -0.15) is 0 Å². The van der Waals surface area contributed by atoms with E-state index in [1.54, 1.807) is 30.1 Å². The van der Waals surface area contributed by atoms with Crippen molar-refractivity contribution in [3.05, 3.63) is 64.4 Å². The fourth-order valence-corrected chi connectivity index (χ4v) is 3.61. The van der Waals surface area contributed by atoms with Gasteiger partial charge in [-0.1, -0.05) is 36.7 Å². The minimum atomic E-state index is -0.279. The zero-order valence-electron chi connectivity index (χ0n) is 17.0. The lowest BCUT2D eigenvalue weighted by atomic mass is 10.1. The van der Waals surface area contributed by atoms with Crippen LogP contribution in [0, 0.1) is 0 Å². The quantitative estimate of drug-likeness (QED) is 0.569. The number of urea groups is 1. The molecule has 1 fully saturated rings. The van der Waals surface area contributed by atoms with Crippen molar-refractivity contribution in [1.29, 1.82) is 0 Å². The van der Waals surface area contributed by atoms with Crippen LogP contribution >= 0.6 is 11.6 Å². The molecule has 0 radical (unpaired) electrons. The van der Waals surface area contributed by atoms with E-state index in [9.17, 15) is 9.59 Å². The first-order chi connectivity index (χ1) is 14.5. The Morgan fingerprint density at radius 1 is 1.20 bits per heavy atom. The number of benzene rings is 2. The summed E-state index contributed by atoms with van der Waals surface area (Å²) in [5.41, 5.74) is 2.71. The summed E-state index contributed by atoms with van der Waals surface area (Å²) in [5.74, 6) is 0.658. The highest BCUT2D eigenvalue weighted by molar-refractivity contribution is 6.34. The molecule has 0 atom stereocenters. The molecule has 1 heterocycles. The molecule has 3 amide bonds. The highest BCUT2D eigenvalue weighted by Crippen LogP contribution is 2.28. The predicted octanol–water partition coefficient (Wildman–Crippen LogP) is 5.20. The van der Waals surface area contributed by atoms with Crippen LogP contribution in [0.25, 0.3) is 11.0 Å². The monoisotopic (exact) mass is 425 g/mol. The van der Waals surface area contributed by atoms with Gasteiger partial charge in [0.25, 0.3) is 5.91 Å². The second-order valence-electron chi connectivity index (χ2n) is 7.58. The highest BCUT2D eigenvalue weighted by Gasteiger charge is 2.25. The van der Waals surface area contributed by atoms with Gasteiger partial charge in [-0.3, -0.25) is 4.79 Å². The molecular formula is C23H24ClN3O3. The molecule has 0 aliphatic heterocycles. The van der Waals surface area contributed by atoms with Crippen molar-refractivity contribution < 1.29 is 14.0 Å². The molecule has 0 bridgehead atoms. The van der Waals surface area contributed by atoms with Crippen LogP contribution in [-0.4, -0.2) is 29.9 Å². The first-order valence-corrected chi connectivity index (χ1v) is 10.5. The Morgan fingerprint density at radius 3 is 2.70 bits per heavy atom. The van der Waals surface area contributed by atoms with E-state index in [-0.39, 0.29) is 18.0 Å². The molecule has 4 rings (SSSR count). The number of rotatable bonds is 6. The van der Waals surface area contributed by atoms with Crippen molar-refractivity contribution in [3.63, 3.8) is 0 Å². The molecule has 3 aromatic rings. The fourth-order valence-electron chi connectivity index (χ4n) is 3.40. The molecule has 2 N–H and O–H groups in total. The summed E-state index contributed by atoms with van der Waals surface area (Å²) in [4.78, 5) is 26.7. The third-order valence-corrected chi connectivity index (χ3v) is 5.55. The van der Waals surface area contributed by atoms with Crippen LogP contribution in [-0.2, 0) is 13.0 Å². The Labute approximate surface area is 180 Å². The molecule has 1 aliphatic carbocycles. The summed E-state index contributed by atoms with van der Waals surface area (Å²) >= 11 is 6.18. The number of furan rings is 1. The van der Waals surface area contributed by atoms with Gasteiger partial charge in [0.1, 0.15) is 11.3 Å². The van der Waals surface area contributed by atoms with Gasteiger partial charge in [0.05, 0.1) is 17.1 Å². The molecule has 30 heavy (non-hydrogen) atoms. The number of hydrogen-bond donors (Lipinski definition) is 2. The van der Waals surface area contributed by atoms with E-state index in [1.165, 1.54) is 0 Å². The standard InChI is InChI=1S/C23H24ClN3O3/c1-3-20-18(16-6-4-5-7-21(16)30-20)13-27(2)23(29)26-15-10-11-19(24)17(12-15)22(28)25-14-8-9-14/h4-7,10-12,14H,3,8-9,13H2,1-2H3,(H,25,28)(H,26,29). The molecule has 7 heteroatoms. The second kappa shape index (κ2) is 8.40. The smallest absolute Gasteiger partial charge is 0.321 e. The average molecular weight is 426 g/mol. The third-order valence-electron chi connectivity index (χ3n) is 5.22. The number of halogens is 1. The molecule has 0 spiro atoms. The van der Waals surface area contributed by atoms with E-state index >= 15 is 0 Å². The van der Waals surface area contributed by atoms with Gasteiger partial charge in [-0.15, -0.1) is 0 Å². The molecule has 0 unspecified atom stereocenters. The highest BCUT2D eigenvalue weighted by atomic mass is 35.5. The number of nitrogens with zero attached hydrogens (tertiary/aromatic N) is 1. The van der Waals surface area contributed by atoms with E-state index < -0.39 is 0 Å². The SMILES string of the molecule is CCc1oc2ccccc2c1CN(C)C(=O)Nc1ccc(Cl)c(C(=O)NC2CC2)c1. The van der Waals surface area contributed by atoms with Gasteiger partial charge in [0.15, 0.2) is 0 Å². The normalized spacial score (nSPS) is 13.3. The number of anilines is 1. The Bertz CT molecular complexity index is 1100. The minimum absolute atomic E-state index is 0.218. The van der Waals surface area contributed by atoms with Gasteiger partial charge in [-0.25, -0.2) is 4.79 Å². The first kappa shape index (κ1) is 20.3. The Hall–Kier alpha value is -2.99. The zero-order chi connectivity index (χ0) is 21.3. The van der Waals surface area contributed by atoms with Gasteiger partial charge >= 0.3 is 6.03 Å². The number of amides is 3. The Morgan fingerprint density at radius 2 is 1.97 bits per heavy atom. The first-order valence-electron chi connectivity index (χ1n) is 10.1. The maximum atomic E-state index is 12.8. The minimum Gasteiger partial charge on any atom is -0.461 e. The number of carbonyl (C=O) groups is 2. The van der Waals surface area contributed by atoms with Gasteiger partial charge < -0.3 is 20.0 Å². The van der Waals surface area contributed by atoms with E-state index in [0.717, 1.165) is 41.6 Å². The lowest BCUT2D eigenvalue weighted by Crippen LogP contribution is -2.31. The molecule has 1 aliphatic rings. The predicted molar refractivity (Wildman–Crippen MR) is 118 cm³/mol. The molecule has 2 aromatic carbocycles. The molecule has 1 saturated carbocycles. The van der Waals surface area contributed by atoms with Gasteiger partial charge in [0.2, 0.25) is 0 Å². The zero-order valence-corrected chi connectivity index (χ0v) is 17.8. The van der Waals surface area contributed by atoms with Crippen molar-refractivity contribution >= 4 is 40.2 Å². The average Bonchev–Trinajstić information content (AvgIpc) is 3.49. The van der Waals surface area contributed by atoms with Crippen molar-refractivity contribution in [2.45, 2.75) is 38.8 Å². The van der Waals surface area contributed by atoms with Gasteiger partial charge in [-0.05, 0) is 37.1 Å². The van der Waals surface area contributed by atoms with Crippen LogP contribution in [0.5, 0.6) is 0 Å². The number of fused-ring (bicyclic) bond motifs is 1. The van der Waals surface area contributed by atoms with Crippen LogP contribution in [0.4, 0.5) is 10.5 Å². The summed E-state index contributed by atoms with van der Waals surface area (Å²) < 4.78 is 5.92. The molecule has 0 saturated heterocycles. The van der Waals surface area contributed by atoms with Crippen molar-refractivity contribution in [1.82, 2.24) is 10.2 Å². The fraction of sp³-hybridized carbons (Fsp3) is 0.304. The molecule has 156 valence electrons. The number of para-hydroxylation sites is 1. The van der Waals surface area contributed by atoms with Crippen molar-refractivity contribution in [2.75, 3.05) is 12.4 Å². The lowest BCUT2D eigenvalue weighted by molar-refractivity contribution is 0.0951. The van der Waals surface area contributed by atoms with Crippen LogP contribution in [0.2, 0.25) is 5.02 Å². The second-order valence-corrected chi connectivity index (χ2v) is 7.99. The summed E-state index contributed by atoms with van der Waals surface area (Å²) in [5, 5.41) is 7.14. The number of hydrogen-bond acceptors (Lipinski definition) is 3. The van der Waals surface area contributed by atoms with E-state index in [0.29, 0.717) is 22.8 Å². The van der Waals surface area contributed by atoms with Crippen LogP contribution in [0.1, 0.15) is 41.4 Å². The molecular weight excluding hydrogens is 402 g/mol. The Balaban J connectivity index is 1.48. The maximum absolute atomic E-state index is 12.8. The van der Waals surface area contributed by atoms with Crippen molar-refractivity contribution in [2.24, 2.45) is 0 Å². The molecule has 1 aromatic heterocycles. The Kier molecular flexibility index (Phi) is 5.68. The largest absolute Gasteiger partial charge is 0.461 e. The third kappa shape index (κ3) is 4.28. The van der Waals surface area contributed by atoms with Crippen LogP contribution in [0.3, 0.4) is 0 Å². The van der Waals surface area contributed by atoms with Gasteiger partial charge in [0, 0.05) is 36.1 Å². The molecule has 6 nitrogen and oxygen atoms in total.